The van der Waals surface area contributed by atoms with E-state index in [1.165, 1.54) is 6.07 Å². The number of rotatable bonds is 6. The van der Waals surface area contributed by atoms with Crippen LogP contribution in [0, 0.1) is 10.1 Å². The predicted octanol–water partition coefficient (Wildman–Crippen LogP) is 1.26. The summed E-state index contributed by atoms with van der Waals surface area (Å²) in [6.45, 7) is 2.14. The number of nitro groups is 1. The predicted molar refractivity (Wildman–Crippen MR) is 65.7 cm³/mol. The molecule has 17 heavy (non-hydrogen) atoms. The van der Waals surface area contributed by atoms with E-state index in [2.05, 4.69) is 4.90 Å². The fourth-order valence-corrected chi connectivity index (χ4v) is 1.51. The van der Waals surface area contributed by atoms with Gasteiger partial charge in [-0.05, 0) is 18.7 Å². The van der Waals surface area contributed by atoms with Crippen LogP contribution >= 0.6 is 0 Å². The monoisotopic (exact) mass is 239 g/mol. The number of nitrogens with two attached hydrogens (primary N) is 1. The number of anilines is 1. The van der Waals surface area contributed by atoms with Crippen LogP contribution in [0.2, 0.25) is 0 Å². The first-order chi connectivity index (χ1) is 8.04. The summed E-state index contributed by atoms with van der Waals surface area (Å²) in [6.07, 6.45) is 0. The topological polar surface area (TPSA) is 81.6 Å². The minimum atomic E-state index is -0.478. The molecule has 0 aliphatic heterocycles. The quantitative estimate of drug-likeness (QED) is 0.459. The first-order valence-electron chi connectivity index (χ1n) is 5.25. The van der Waals surface area contributed by atoms with Crippen molar-refractivity contribution < 1.29 is 9.66 Å². The number of nitrogens with zero attached hydrogens (tertiary/aromatic N) is 2. The Morgan fingerprint density at radius 2 is 2.24 bits per heavy atom. The van der Waals surface area contributed by atoms with Gasteiger partial charge in [0.05, 0.1) is 11.5 Å². The first-order valence-corrected chi connectivity index (χ1v) is 5.25. The minimum Gasteiger partial charge on any atom is -0.393 e. The van der Waals surface area contributed by atoms with Crippen molar-refractivity contribution in [2.45, 2.75) is 6.54 Å². The van der Waals surface area contributed by atoms with Crippen molar-refractivity contribution in [2.24, 2.45) is 0 Å². The van der Waals surface area contributed by atoms with E-state index in [0.29, 0.717) is 13.2 Å². The second-order valence-electron chi connectivity index (χ2n) is 3.88. The number of hydrogen-bond donors (Lipinski definition) is 1. The summed E-state index contributed by atoms with van der Waals surface area (Å²) in [5.74, 6) is 0. The molecule has 0 heterocycles. The molecule has 2 N–H and O–H groups in total. The van der Waals surface area contributed by atoms with Crippen LogP contribution in [0.15, 0.2) is 18.2 Å². The SMILES string of the molecule is COCCN(C)Cc1ccc([N+](=O)[O-])c(N)c1. The second kappa shape index (κ2) is 6.17. The maximum absolute atomic E-state index is 10.6. The highest BCUT2D eigenvalue weighted by molar-refractivity contribution is 5.59. The van der Waals surface area contributed by atoms with Gasteiger partial charge in [0, 0.05) is 26.3 Å². The molecule has 0 atom stereocenters. The van der Waals surface area contributed by atoms with E-state index in [1.54, 1.807) is 19.2 Å². The van der Waals surface area contributed by atoms with Gasteiger partial charge >= 0.3 is 0 Å². The van der Waals surface area contributed by atoms with Crippen molar-refractivity contribution >= 4 is 11.4 Å². The van der Waals surface area contributed by atoms with Gasteiger partial charge in [-0.25, -0.2) is 0 Å². The number of methoxy groups -OCH3 is 1. The summed E-state index contributed by atoms with van der Waals surface area (Å²) in [5.41, 5.74) is 6.72. The zero-order valence-corrected chi connectivity index (χ0v) is 10.0. The van der Waals surface area contributed by atoms with E-state index in [0.717, 1.165) is 12.1 Å². The Bertz CT molecular complexity index is 396. The maximum atomic E-state index is 10.6. The summed E-state index contributed by atoms with van der Waals surface area (Å²) >= 11 is 0. The molecule has 0 bridgehead atoms. The van der Waals surface area contributed by atoms with Gasteiger partial charge in [0.1, 0.15) is 5.69 Å². The van der Waals surface area contributed by atoms with E-state index in [-0.39, 0.29) is 11.4 Å². The third-order valence-electron chi connectivity index (χ3n) is 2.42. The lowest BCUT2D eigenvalue weighted by atomic mass is 10.1. The average molecular weight is 239 g/mol. The number of ether oxygens (including phenoxy) is 1. The van der Waals surface area contributed by atoms with Crippen LogP contribution in [0.1, 0.15) is 5.56 Å². The highest BCUT2D eigenvalue weighted by Crippen LogP contribution is 2.22. The third kappa shape index (κ3) is 4.01. The molecule has 6 nitrogen and oxygen atoms in total. The minimum absolute atomic E-state index is 0.0479. The van der Waals surface area contributed by atoms with Gasteiger partial charge < -0.3 is 10.5 Å². The van der Waals surface area contributed by atoms with E-state index in [1.807, 2.05) is 7.05 Å². The Balaban J connectivity index is 2.67. The van der Waals surface area contributed by atoms with Crippen LogP contribution in [0.5, 0.6) is 0 Å². The number of nitrogen functional groups attached to an aromatic ring is 1. The van der Waals surface area contributed by atoms with Gasteiger partial charge in [0.2, 0.25) is 0 Å². The van der Waals surface area contributed by atoms with Crippen LogP contribution in [-0.2, 0) is 11.3 Å². The Morgan fingerprint density at radius 3 is 2.76 bits per heavy atom. The third-order valence-corrected chi connectivity index (χ3v) is 2.42. The number of hydrogen-bond acceptors (Lipinski definition) is 5. The number of likely N-dealkylation sites (N-methyl/N-ethyl adjacent to an activating group) is 1. The van der Waals surface area contributed by atoms with Crippen molar-refractivity contribution in [1.29, 1.82) is 0 Å². The molecule has 0 amide bonds. The van der Waals surface area contributed by atoms with Crippen molar-refractivity contribution in [2.75, 3.05) is 33.0 Å². The van der Waals surface area contributed by atoms with Crippen molar-refractivity contribution in [3.63, 3.8) is 0 Å². The van der Waals surface area contributed by atoms with Crippen LogP contribution in [0.3, 0.4) is 0 Å². The number of nitro benzene ring substituents is 1. The van der Waals surface area contributed by atoms with Crippen molar-refractivity contribution in [3.8, 4) is 0 Å². The highest BCUT2D eigenvalue weighted by Gasteiger charge is 2.11. The summed E-state index contributed by atoms with van der Waals surface area (Å²) in [4.78, 5) is 12.2. The molecule has 0 fully saturated rings. The van der Waals surface area contributed by atoms with Crippen LogP contribution < -0.4 is 5.73 Å². The molecular formula is C11H17N3O3. The molecule has 0 unspecified atom stereocenters. The lowest BCUT2D eigenvalue weighted by molar-refractivity contribution is -0.383. The number of benzene rings is 1. The van der Waals surface area contributed by atoms with Crippen molar-refractivity contribution in [3.05, 3.63) is 33.9 Å². The van der Waals surface area contributed by atoms with Gasteiger partial charge in [-0.1, -0.05) is 6.07 Å². The van der Waals surface area contributed by atoms with E-state index < -0.39 is 4.92 Å². The van der Waals surface area contributed by atoms with Crippen molar-refractivity contribution in [1.82, 2.24) is 4.90 Å². The standard InChI is InChI=1S/C11H17N3O3/c1-13(5-6-17-2)8-9-3-4-11(14(15)16)10(12)7-9/h3-4,7H,5-6,8,12H2,1-2H3. The molecule has 0 radical (unpaired) electrons. The fourth-order valence-electron chi connectivity index (χ4n) is 1.51. The molecular weight excluding hydrogens is 222 g/mol. The molecule has 94 valence electrons. The molecule has 0 saturated heterocycles. The second-order valence-corrected chi connectivity index (χ2v) is 3.88. The zero-order chi connectivity index (χ0) is 12.8. The highest BCUT2D eigenvalue weighted by atomic mass is 16.6. The molecule has 1 rings (SSSR count). The van der Waals surface area contributed by atoms with E-state index >= 15 is 0 Å². The van der Waals surface area contributed by atoms with Crippen LogP contribution in [0.25, 0.3) is 0 Å². The average Bonchev–Trinajstić information content (AvgIpc) is 2.26. The fraction of sp³-hybridized carbons (Fsp3) is 0.455. The van der Waals surface area contributed by atoms with Crippen LogP contribution in [0.4, 0.5) is 11.4 Å². The van der Waals surface area contributed by atoms with E-state index in [4.69, 9.17) is 10.5 Å². The first kappa shape index (κ1) is 13.4. The Hall–Kier alpha value is -1.66. The van der Waals surface area contributed by atoms with Gasteiger partial charge in [0.25, 0.3) is 5.69 Å². The molecule has 0 saturated carbocycles. The molecule has 1 aromatic rings. The molecule has 0 aliphatic rings. The van der Waals surface area contributed by atoms with Crippen LogP contribution in [-0.4, -0.2) is 37.1 Å². The smallest absolute Gasteiger partial charge is 0.292 e. The Kier molecular flexibility index (Phi) is 4.86. The van der Waals surface area contributed by atoms with Gasteiger partial charge in [0.15, 0.2) is 0 Å². The summed E-state index contributed by atoms with van der Waals surface area (Å²) < 4.78 is 4.97. The molecule has 1 aromatic carbocycles. The lowest BCUT2D eigenvalue weighted by Gasteiger charge is -2.16. The largest absolute Gasteiger partial charge is 0.393 e. The van der Waals surface area contributed by atoms with Gasteiger partial charge in [-0.2, -0.15) is 0 Å². The Morgan fingerprint density at radius 1 is 1.53 bits per heavy atom. The summed E-state index contributed by atoms with van der Waals surface area (Å²) in [6, 6.07) is 4.80. The maximum Gasteiger partial charge on any atom is 0.292 e. The zero-order valence-electron chi connectivity index (χ0n) is 10.0. The normalized spacial score (nSPS) is 10.8. The molecule has 0 aliphatic carbocycles. The molecule has 0 aromatic heterocycles. The Labute approximate surface area is 100 Å². The van der Waals surface area contributed by atoms with Gasteiger partial charge in [-0.3, -0.25) is 15.0 Å². The molecule has 6 heteroatoms. The lowest BCUT2D eigenvalue weighted by Crippen LogP contribution is -2.22. The van der Waals surface area contributed by atoms with Gasteiger partial charge in [-0.15, -0.1) is 0 Å². The summed E-state index contributed by atoms with van der Waals surface area (Å²) in [7, 11) is 3.61. The summed E-state index contributed by atoms with van der Waals surface area (Å²) in [5, 5.41) is 10.6. The molecule has 0 spiro atoms. The van der Waals surface area contributed by atoms with E-state index in [9.17, 15) is 10.1 Å².